The van der Waals surface area contributed by atoms with Crippen LogP contribution in [0.1, 0.15) is 12.6 Å². The fourth-order valence-electron chi connectivity index (χ4n) is 0.809. The maximum absolute atomic E-state index is 11.0. The Morgan fingerprint density at radius 1 is 1.77 bits per heavy atom. The highest BCUT2D eigenvalue weighted by molar-refractivity contribution is 5.88. The summed E-state index contributed by atoms with van der Waals surface area (Å²) in [5.41, 5.74) is 6.27. The van der Waals surface area contributed by atoms with E-state index in [-0.39, 0.29) is 5.88 Å². The van der Waals surface area contributed by atoms with Crippen molar-refractivity contribution in [3.63, 3.8) is 0 Å². The largest absolute Gasteiger partial charge is 0.450 e. The van der Waals surface area contributed by atoms with Crippen LogP contribution in [0.25, 0.3) is 0 Å². The Balaban J connectivity index is 2.68. The molecule has 0 spiro atoms. The van der Waals surface area contributed by atoms with Gasteiger partial charge in [-0.15, -0.1) is 0 Å². The summed E-state index contributed by atoms with van der Waals surface area (Å²) in [6.07, 6.45) is -0.569. The van der Waals surface area contributed by atoms with Gasteiger partial charge in [0.2, 0.25) is 5.88 Å². The summed E-state index contributed by atoms with van der Waals surface area (Å²) >= 11 is 0. The van der Waals surface area contributed by atoms with Gasteiger partial charge in [0.1, 0.15) is 11.4 Å². The van der Waals surface area contributed by atoms with Crippen molar-refractivity contribution in [1.82, 2.24) is 5.16 Å². The number of carbonyl (C=O) groups is 1. The van der Waals surface area contributed by atoms with Crippen LogP contribution in [0, 0.1) is 6.92 Å². The quantitative estimate of drug-likeness (QED) is 0.720. The van der Waals surface area contributed by atoms with Crippen molar-refractivity contribution < 1.29 is 14.1 Å². The lowest BCUT2D eigenvalue weighted by Gasteiger charge is -2.02. The first-order valence-corrected chi connectivity index (χ1v) is 3.80. The molecule has 0 aliphatic heterocycles. The van der Waals surface area contributed by atoms with E-state index in [0.717, 1.165) is 0 Å². The van der Waals surface area contributed by atoms with Crippen molar-refractivity contribution in [2.24, 2.45) is 0 Å². The van der Waals surface area contributed by atoms with Crippen LogP contribution >= 0.6 is 0 Å². The van der Waals surface area contributed by atoms with Gasteiger partial charge in [-0.2, -0.15) is 0 Å². The molecule has 72 valence electrons. The highest BCUT2D eigenvalue weighted by atomic mass is 16.5. The SMILES string of the molecule is CCOC(=O)Nc1c(C)noc1N. The molecule has 0 atom stereocenters. The number of aryl methyl sites for hydroxylation is 1. The third-order valence-electron chi connectivity index (χ3n) is 1.39. The van der Waals surface area contributed by atoms with Crippen LogP contribution in [0.2, 0.25) is 0 Å². The van der Waals surface area contributed by atoms with Gasteiger partial charge >= 0.3 is 6.09 Å². The highest BCUT2D eigenvalue weighted by Gasteiger charge is 2.12. The molecule has 0 saturated heterocycles. The molecule has 0 unspecified atom stereocenters. The molecule has 0 aliphatic carbocycles. The predicted molar refractivity (Wildman–Crippen MR) is 46.3 cm³/mol. The number of ether oxygens (including phenoxy) is 1. The number of nitrogens with one attached hydrogen (secondary N) is 1. The number of nitrogen functional groups attached to an aromatic ring is 1. The smallest absolute Gasteiger partial charge is 0.411 e. The van der Waals surface area contributed by atoms with Gasteiger partial charge in [0.05, 0.1) is 6.61 Å². The van der Waals surface area contributed by atoms with Crippen molar-refractivity contribution in [3.8, 4) is 0 Å². The maximum atomic E-state index is 11.0. The zero-order chi connectivity index (χ0) is 9.84. The molecule has 0 bridgehead atoms. The summed E-state index contributed by atoms with van der Waals surface area (Å²) in [6, 6.07) is 0. The number of aromatic nitrogens is 1. The molecule has 0 saturated carbocycles. The fraction of sp³-hybridized carbons (Fsp3) is 0.429. The van der Waals surface area contributed by atoms with E-state index >= 15 is 0 Å². The molecule has 6 nitrogen and oxygen atoms in total. The summed E-state index contributed by atoms with van der Waals surface area (Å²) in [7, 11) is 0. The Kier molecular flexibility index (Phi) is 2.73. The molecule has 6 heteroatoms. The van der Waals surface area contributed by atoms with Crippen LogP contribution < -0.4 is 11.1 Å². The van der Waals surface area contributed by atoms with E-state index in [1.807, 2.05) is 0 Å². The van der Waals surface area contributed by atoms with Crippen LogP contribution in [-0.4, -0.2) is 17.9 Å². The normalized spacial score (nSPS) is 9.69. The standard InChI is InChI=1S/C7H11N3O3/c1-3-12-7(11)9-5-4(2)10-13-6(5)8/h3,8H2,1-2H3,(H,9,11). The number of nitrogens with two attached hydrogens (primary N) is 1. The molecule has 13 heavy (non-hydrogen) atoms. The number of hydrogen-bond acceptors (Lipinski definition) is 5. The third-order valence-corrected chi connectivity index (χ3v) is 1.39. The lowest BCUT2D eigenvalue weighted by atomic mass is 10.4. The molecule has 1 rings (SSSR count). The zero-order valence-corrected chi connectivity index (χ0v) is 7.46. The van der Waals surface area contributed by atoms with Crippen molar-refractivity contribution >= 4 is 17.7 Å². The highest BCUT2D eigenvalue weighted by Crippen LogP contribution is 2.21. The third kappa shape index (κ3) is 2.11. The molecular formula is C7H11N3O3. The van der Waals surface area contributed by atoms with Gasteiger partial charge in [0.25, 0.3) is 0 Å². The van der Waals surface area contributed by atoms with Crippen molar-refractivity contribution in [2.75, 3.05) is 17.7 Å². The lowest BCUT2D eigenvalue weighted by Crippen LogP contribution is -2.14. The molecule has 0 radical (unpaired) electrons. The van der Waals surface area contributed by atoms with Crippen LogP contribution in [0.5, 0.6) is 0 Å². The molecular weight excluding hydrogens is 174 g/mol. The summed E-state index contributed by atoms with van der Waals surface area (Å²) in [4.78, 5) is 11.0. The number of carbonyl (C=O) groups excluding carboxylic acids is 1. The van der Waals surface area contributed by atoms with Gasteiger partial charge in [-0.3, -0.25) is 5.32 Å². The number of amides is 1. The van der Waals surface area contributed by atoms with Crippen molar-refractivity contribution in [3.05, 3.63) is 5.69 Å². The molecule has 0 fully saturated rings. The lowest BCUT2D eigenvalue weighted by molar-refractivity contribution is 0.168. The van der Waals surface area contributed by atoms with Gasteiger partial charge < -0.3 is 15.0 Å². The van der Waals surface area contributed by atoms with Gasteiger partial charge in [0, 0.05) is 0 Å². The molecule has 0 aromatic carbocycles. The van der Waals surface area contributed by atoms with E-state index in [4.69, 9.17) is 5.73 Å². The second-order valence-corrected chi connectivity index (χ2v) is 2.35. The monoisotopic (exact) mass is 185 g/mol. The second kappa shape index (κ2) is 3.79. The summed E-state index contributed by atoms with van der Waals surface area (Å²) in [5.74, 6) is 0.0746. The van der Waals surface area contributed by atoms with E-state index in [1.54, 1.807) is 13.8 Å². The first kappa shape index (κ1) is 9.37. The van der Waals surface area contributed by atoms with E-state index in [9.17, 15) is 4.79 Å². The molecule has 1 amide bonds. The Hall–Kier alpha value is -1.72. The minimum Gasteiger partial charge on any atom is -0.450 e. The van der Waals surface area contributed by atoms with E-state index in [0.29, 0.717) is 18.0 Å². The van der Waals surface area contributed by atoms with Crippen molar-refractivity contribution in [2.45, 2.75) is 13.8 Å². The van der Waals surface area contributed by atoms with Gasteiger partial charge in [-0.05, 0) is 13.8 Å². The van der Waals surface area contributed by atoms with Gasteiger partial charge in [0.15, 0.2) is 0 Å². The zero-order valence-electron chi connectivity index (χ0n) is 7.46. The van der Waals surface area contributed by atoms with E-state index in [1.165, 1.54) is 0 Å². The first-order valence-electron chi connectivity index (χ1n) is 3.80. The Morgan fingerprint density at radius 3 is 2.92 bits per heavy atom. The van der Waals surface area contributed by atoms with Crippen LogP contribution in [0.4, 0.5) is 16.4 Å². The minimum absolute atomic E-state index is 0.0746. The van der Waals surface area contributed by atoms with Crippen LogP contribution in [0.3, 0.4) is 0 Å². The number of anilines is 2. The Bertz CT molecular complexity index is 288. The molecule has 1 aromatic heterocycles. The molecule has 1 heterocycles. The maximum Gasteiger partial charge on any atom is 0.411 e. The topological polar surface area (TPSA) is 90.4 Å². The number of hydrogen-bond donors (Lipinski definition) is 2. The summed E-state index contributed by atoms with van der Waals surface area (Å²) < 4.78 is 9.28. The van der Waals surface area contributed by atoms with Gasteiger partial charge in [-0.1, -0.05) is 5.16 Å². The van der Waals surface area contributed by atoms with Crippen LogP contribution in [-0.2, 0) is 4.74 Å². The average molecular weight is 185 g/mol. The van der Waals surface area contributed by atoms with Crippen LogP contribution in [0.15, 0.2) is 4.52 Å². The Morgan fingerprint density at radius 2 is 2.46 bits per heavy atom. The number of rotatable bonds is 2. The average Bonchev–Trinajstić information content (AvgIpc) is 2.36. The summed E-state index contributed by atoms with van der Waals surface area (Å²) in [5, 5.41) is 5.98. The predicted octanol–water partition coefficient (Wildman–Crippen LogP) is 1.13. The molecule has 0 aliphatic rings. The van der Waals surface area contributed by atoms with Crippen molar-refractivity contribution in [1.29, 1.82) is 0 Å². The fourth-order valence-corrected chi connectivity index (χ4v) is 0.809. The number of nitrogens with zero attached hydrogens (tertiary/aromatic N) is 1. The van der Waals surface area contributed by atoms with E-state index in [2.05, 4.69) is 19.7 Å². The minimum atomic E-state index is -0.569. The first-order chi connectivity index (χ1) is 6.15. The Labute approximate surface area is 75.0 Å². The summed E-state index contributed by atoms with van der Waals surface area (Å²) in [6.45, 7) is 3.68. The van der Waals surface area contributed by atoms with Gasteiger partial charge in [-0.25, -0.2) is 4.79 Å². The molecule has 1 aromatic rings. The second-order valence-electron chi connectivity index (χ2n) is 2.35. The van der Waals surface area contributed by atoms with E-state index < -0.39 is 6.09 Å². The molecule has 3 N–H and O–H groups in total.